The Bertz CT molecular complexity index is 1100. The summed E-state index contributed by atoms with van der Waals surface area (Å²) in [6, 6.07) is 7.12. The number of halogens is 4. The topological polar surface area (TPSA) is 138 Å². The lowest BCUT2D eigenvalue weighted by atomic mass is 9.98. The molecule has 190 valence electrons. The molecule has 0 spiro atoms. The Morgan fingerprint density at radius 2 is 1.69 bits per heavy atom. The second-order valence-corrected chi connectivity index (χ2v) is 9.28. The number of ketones is 1. The summed E-state index contributed by atoms with van der Waals surface area (Å²) in [5.74, 6) is -4.09. The Balaban J connectivity index is 0.000000540. The number of rotatable bonds is 8. The predicted molar refractivity (Wildman–Crippen MR) is 122 cm³/mol. The molecule has 1 aromatic heterocycles. The van der Waals surface area contributed by atoms with Crippen molar-refractivity contribution in [3.05, 3.63) is 55.7 Å². The van der Waals surface area contributed by atoms with Gasteiger partial charge >= 0.3 is 18.1 Å². The number of nitrogens with two attached hydrogens (primary N) is 1. The second-order valence-electron chi connectivity index (χ2n) is 7.66. The van der Waals surface area contributed by atoms with Crippen LogP contribution in [0.4, 0.5) is 13.2 Å². The molecule has 0 bridgehead atoms. The second kappa shape index (κ2) is 12.1. The predicted octanol–water partition coefficient (Wildman–Crippen LogP) is 3.32. The number of thiophene rings is 1. The van der Waals surface area contributed by atoms with Gasteiger partial charge in [-0.05, 0) is 29.7 Å². The number of carboxylic acid groups (broad SMARTS) is 2. The Morgan fingerprint density at radius 1 is 1.09 bits per heavy atom. The van der Waals surface area contributed by atoms with E-state index < -0.39 is 24.0 Å². The fraction of sp³-hybridized carbons (Fsp3) is 0.364. The zero-order valence-electron chi connectivity index (χ0n) is 18.2. The van der Waals surface area contributed by atoms with Crippen molar-refractivity contribution in [1.82, 2.24) is 4.90 Å². The Labute approximate surface area is 207 Å². The van der Waals surface area contributed by atoms with Gasteiger partial charge in [-0.1, -0.05) is 23.7 Å². The summed E-state index contributed by atoms with van der Waals surface area (Å²) in [7, 11) is 0. The monoisotopic (exact) mass is 534 g/mol. The summed E-state index contributed by atoms with van der Waals surface area (Å²) in [6.07, 6.45) is -3.94. The lowest BCUT2D eigenvalue weighted by Crippen LogP contribution is -2.32. The van der Waals surface area contributed by atoms with Crippen molar-refractivity contribution in [1.29, 1.82) is 0 Å². The number of benzene rings is 1. The van der Waals surface area contributed by atoms with E-state index in [9.17, 15) is 27.6 Å². The van der Waals surface area contributed by atoms with E-state index in [1.165, 1.54) is 11.3 Å². The fourth-order valence-corrected chi connectivity index (χ4v) is 5.00. The summed E-state index contributed by atoms with van der Waals surface area (Å²) in [4.78, 5) is 48.0. The highest BCUT2D eigenvalue weighted by Crippen LogP contribution is 2.34. The first kappa shape index (κ1) is 28.3. The van der Waals surface area contributed by atoms with E-state index in [1.807, 2.05) is 12.1 Å². The third kappa shape index (κ3) is 8.64. The molecule has 0 atom stereocenters. The van der Waals surface area contributed by atoms with Gasteiger partial charge in [-0.25, -0.2) is 4.79 Å². The van der Waals surface area contributed by atoms with Gasteiger partial charge in [0.05, 0.1) is 12.0 Å². The minimum Gasteiger partial charge on any atom is -0.481 e. The quantitative estimate of drug-likeness (QED) is 0.472. The van der Waals surface area contributed by atoms with Crippen molar-refractivity contribution >= 4 is 46.6 Å². The number of hydrogen-bond donors (Lipinski definition) is 3. The van der Waals surface area contributed by atoms with Crippen LogP contribution in [0.3, 0.4) is 0 Å². The highest BCUT2D eigenvalue weighted by atomic mass is 35.5. The zero-order chi connectivity index (χ0) is 26.3. The molecule has 1 amide bonds. The van der Waals surface area contributed by atoms with E-state index in [4.69, 9.17) is 32.3 Å². The average Bonchev–Trinajstić information content (AvgIpc) is 3.10. The molecule has 0 saturated heterocycles. The molecule has 0 fully saturated rings. The molecule has 2 heterocycles. The van der Waals surface area contributed by atoms with Crippen LogP contribution in [0, 0.1) is 0 Å². The Kier molecular flexibility index (Phi) is 9.81. The van der Waals surface area contributed by atoms with Crippen LogP contribution in [0.2, 0.25) is 5.02 Å². The number of nitrogens with zero attached hydrogens (tertiary/aromatic N) is 1. The lowest BCUT2D eigenvalue weighted by Gasteiger charge is -2.26. The van der Waals surface area contributed by atoms with Gasteiger partial charge in [0.2, 0.25) is 5.91 Å². The molecular formula is C22H22ClF3N2O6S. The van der Waals surface area contributed by atoms with Crippen molar-refractivity contribution < 1.29 is 42.6 Å². The molecular weight excluding hydrogens is 513 g/mol. The molecule has 4 N–H and O–H groups in total. The van der Waals surface area contributed by atoms with Crippen LogP contribution in [0.5, 0.6) is 0 Å². The van der Waals surface area contributed by atoms with Crippen molar-refractivity contribution in [3.8, 4) is 0 Å². The minimum atomic E-state index is -5.08. The fourth-order valence-electron chi connectivity index (χ4n) is 3.44. The van der Waals surface area contributed by atoms with Gasteiger partial charge in [-0.3, -0.25) is 19.3 Å². The summed E-state index contributed by atoms with van der Waals surface area (Å²) < 4.78 is 31.7. The molecule has 0 unspecified atom stereocenters. The lowest BCUT2D eigenvalue weighted by molar-refractivity contribution is -0.192. The Morgan fingerprint density at radius 3 is 2.20 bits per heavy atom. The number of primary amides is 1. The van der Waals surface area contributed by atoms with Crippen LogP contribution in [0.15, 0.2) is 24.3 Å². The van der Waals surface area contributed by atoms with Gasteiger partial charge in [0, 0.05) is 47.3 Å². The SMILES string of the molecule is NC(=O)c1c(CC(=O)Cc2ccc(Cl)cc2)sc2c1CCN(CCC(=O)O)C2.O=C(O)C(F)(F)F. The number of carboxylic acids is 2. The first-order valence-electron chi connectivity index (χ1n) is 10.2. The summed E-state index contributed by atoms with van der Waals surface area (Å²) in [6.45, 7) is 1.72. The molecule has 1 aromatic carbocycles. The molecule has 0 saturated carbocycles. The summed E-state index contributed by atoms with van der Waals surface area (Å²) in [5, 5.41) is 16.6. The van der Waals surface area contributed by atoms with E-state index >= 15 is 0 Å². The van der Waals surface area contributed by atoms with Gasteiger partial charge in [-0.2, -0.15) is 13.2 Å². The highest BCUT2D eigenvalue weighted by molar-refractivity contribution is 7.12. The molecule has 2 aromatic rings. The van der Waals surface area contributed by atoms with Crippen molar-refractivity contribution in [2.45, 2.75) is 38.4 Å². The maximum absolute atomic E-state index is 12.5. The zero-order valence-corrected chi connectivity index (χ0v) is 19.8. The molecule has 1 aliphatic rings. The average molecular weight is 535 g/mol. The van der Waals surface area contributed by atoms with Gasteiger partial charge in [0.1, 0.15) is 5.78 Å². The van der Waals surface area contributed by atoms with E-state index in [2.05, 4.69) is 4.90 Å². The van der Waals surface area contributed by atoms with E-state index in [-0.39, 0.29) is 25.0 Å². The first-order valence-corrected chi connectivity index (χ1v) is 11.4. The first-order chi connectivity index (χ1) is 16.3. The van der Waals surface area contributed by atoms with Gasteiger partial charge in [0.25, 0.3) is 0 Å². The number of aliphatic carboxylic acids is 2. The van der Waals surface area contributed by atoms with Crippen molar-refractivity contribution in [2.75, 3.05) is 13.1 Å². The number of amides is 1. The number of Topliss-reactive ketones (excluding diaryl/α,β-unsaturated/α-hetero) is 1. The minimum absolute atomic E-state index is 0.00570. The number of carbonyl (C=O) groups excluding carboxylic acids is 2. The van der Waals surface area contributed by atoms with Crippen LogP contribution in [-0.2, 0) is 40.2 Å². The molecule has 8 nitrogen and oxygen atoms in total. The summed E-state index contributed by atoms with van der Waals surface area (Å²) in [5.41, 5.74) is 7.87. The van der Waals surface area contributed by atoms with Crippen LogP contribution >= 0.6 is 22.9 Å². The molecule has 1 aliphatic heterocycles. The number of carbonyl (C=O) groups is 4. The smallest absolute Gasteiger partial charge is 0.481 e. The molecule has 0 radical (unpaired) electrons. The van der Waals surface area contributed by atoms with Crippen molar-refractivity contribution in [3.63, 3.8) is 0 Å². The van der Waals surface area contributed by atoms with Crippen LogP contribution in [-0.4, -0.2) is 58.0 Å². The molecule has 13 heteroatoms. The number of fused-ring (bicyclic) bond motifs is 1. The Hall–Kier alpha value is -2.96. The third-order valence-electron chi connectivity index (χ3n) is 5.01. The maximum Gasteiger partial charge on any atom is 0.490 e. The highest BCUT2D eigenvalue weighted by Gasteiger charge is 2.38. The van der Waals surface area contributed by atoms with Gasteiger partial charge < -0.3 is 15.9 Å². The van der Waals surface area contributed by atoms with Crippen LogP contribution in [0.1, 0.15) is 37.7 Å². The van der Waals surface area contributed by atoms with E-state index in [1.54, 1.807) is 12.1 Å². The molecule has 35 heavy (non-hydrogen) atoms. The van der Waals surface area contributed by atoms with E-state index in [0.29, 0.717) is 41.5 Å². The van der Waals surface area contributed by atoms with Gasteiger partial charge in [-0.15, -0.1) is 11.3 Å². The number of hydrogen-bond acceptors (Lipinski definition) is 6. The number of alkyl halides is 3. The molecule has 3 rings (SSSR count). The van der Waals surface area contributed by atoms with Crippen molar-refractivity contribution in [2.24, 2.45) is 5.73 Å². The maximum atomic E-state index is 12.5. The van der Waals surface area contributed by atoms with Crippen LogP contribution < -0.4 is 5.73 Å². The standard InChI is InChI=1S/C20H21ClN2O4S.C2HF3O2/c21-13-3-1-12(2-4-13)9-14(24)10-16-19(20(22)27)15-5-7-23(8-6-18(25)26)11-17(15)28-16;3-2(4,5)1(6)7/h1-4H,5-11H2,(H2,22,27)(H,25,26);(H,6,7). The normalized spacial score (nSPS) is 13.4. The third-order valence-corrected chi connectivity index (χ3v) is 6.48. The van der Waals surface area contributed by atoms with Gasteiger partial charge in [0.15, 0.2) is 0 Å². The molecule has 0 aliphatic carbocycles. The largest absolute Gasteiger partial charge is 0.490 e. The van der Waals surface area contributed by atoms with E-state index in [0.717, 1.165) is 16.0 Å². The van der Waals surface area contributed by atoms with Crippen LogP contribution in [0.25, 0.3) is 0 Å². The summed E-state index contributed by atoms with van der Waals surface area (Å²) >= 11 is 7.31.